The van der Waals surface area contributed by atoms with Crippen molar-refractivity contribution in [3.63, 3.8) is 0 Å². The summed E-state index contributed by atoms with van der Waals surface area (Å²) >= 11 is 6.11. The minimum atomic E-state index is -0.443. The lowest BCUT2D eigenvalue weighted by Gasteiger charge is -2.07. The van der Waals surface area contributed by atoms with Crippen LogP contribution in [0.5, 0.6) is 0 Å². The molecule has 2 aromatic rings. The Morgan fingerprint density at radius 3 is 2.82 bits per heavy atom. The fraction of sp³-hybridized carbons (Fsp3) is 0.200. The van der Waals surface area contributed by atoms with Gasteiger partial charge in [0.15, 0.2) is 0 Å². The Morgan fingerprint density at radius 2 is 2.14 bits per heavy atom. The van der Waals surface area contributed by atoms with E-state index in [9.17, 15) is 9.59 Å². The number of carbonyl (C=O) groups excluding carboxylic acids is 2. The summed E-state index contributed by atoms with van der Waals surface area (Å²) in [6.07, 6.45) is 0. The van der Waals surface area contributed by atoms with Gasteiger partial charge in [-0.2, -0.15) is 0 Å². The summed E-state index contributed by atoms with van der Waals surface area (Å²) in [5, 5.41) is 4.49. The van der Waals surface area contributed by atoms with E-state index in [2.05, 4.69) is 26.0 Å². The number of esters is 1. The van der Waals surface area contributed by atoms with Gasteiger partial charge in [0, 0.05) is 9.37 Å². The molecule has 1 aromatic carbocycles. The van der Waals surface area contributed by atoms with Crippen LogP contribution in [0, 0.1) is 6.92 Å². The van der Waals surface area contributed by atoms with Crippen LogP contribution in [0.3, 0.4) is 0 Å². The monoisotopic (exact) mass is 399 g/mol. The van der Waals surface area contributed by atoms with Gasteiger partial charge in [0.2, 0.25) is 5.91 Å². The number of rotatable bonds is 5. The summed E-state index contributed by atoms with van der Waals surface area (Å²) in [4.78, 5) is 25.1. The van der Waals surface area contributed by atoms with Crippen molar-refractivity contribution >= 4 is 56.6 Å². The normalized spacial score (nSPS) is 10.3. The number of aryl methyl sites for hydroxylation is 1. The van der Waals surface area contributed by atoms with Crippen molar-refractivity contribution in [1.29, 1.82) is 0 Å². The topological polar surface area (TPSA) is 55.4 Å². The number of benzene rings is 1. The zero-order valence-corrected chi connectivity index (χ0v) is 15.2. The van der Waals surface area contributed by atoms with Gasteiger partial charge in [-0.05, 0) is 42.1 Å². The average Bonchev–Trinajstić information content (AvgIpc) is 2.93. The molecule has 116 valence electrons. The maximum atomic E-state index is 12.0. The molecule has 0 unspecified atom stereocenters. The van der Waals surface area contributed by atoms with E-state index in [0.29, 0.717) is 10.6 Å². The molecule has 0 saturated heterocycles. The number of thioether (sulfide) groups is 1. The highest BCUT2D eigenvalue weighted by Gasteiger charge is 2.15. The molecule has 1 heterocycles. The lowest BCUT2D eigenvalue weighted by Crippen LogP contribution is -2.15. The smallest absolute Gasteiger partial charge is 0.350 e. The maximum Gasteiger partial charge on any atom is 0.350 e. The van der Waals surface area contributed by atoms with Gasteiger partial charge >= 0.3 is 5.97 Å². The van der Waals surface area contributed by atoms with Gasteiger partial charge in [-0.3, -0.25) is 4.79 Å². The SMILES string of the molecule is COC(=O)c1sccc1NC(=O)CSc1ccc(Br)cc1C. The first kappa shape index (κ1) is 17.1. The van der Waals surface area contributed by atoms with E-state index >= 15 is 0 Å². The van der Waals surface area contributed by atoms with E-state index in [4.69, 9.17) is 0 Å². The second-order valence-corrected chi connectivity index (χ2v) is 7.25. The van der Waals surface area contributed by atoms with Crippen LogP contribution in [-0.4, -0.2) is 24.7 Å². The molecular formula is C15H14BrNO3S2. The number of thiophene rings is 1. The van der Waals surface area contributed by atoms with Crippen LogP contribution < -0.4 is 5.32 Å². The Hall–Kier alpha value is -1.31. The van der Waals surface area contributed by atoms with Crippen LogP contribution in [0.2, 0.25) is 0 Å². The van der Waals surface area contributed by atoms with Crippen molar-refractivity contribution in [2.24, 2.45) is 0 Å². The molecule has 0 bridgehead atoms. The molecule has 0 aliphatic heterocycles. The van der Waals surface area contributed by atoms with E-state index in [1.165, 1.54) is 30.2 Å². The summed E-state index contributed by atoms with van der Waals surface area (Å²) in [5.41, 5.74) is 1.60. The third-order valence-corrected chi connectivity index (χ3v) is 5.37. The first-order valence-corrected chi connectivity index (χ1v) is 9.01. The van der Waals surface area contributed by atoms with Crippen LogP contribution >= 0.6 is 39.0 Å². The Balaban J connectivity index is 1.96. The Bertz CT molecular complexity index is 700. The third-order valence-electron chi connectivity index (χ3n) is 2.81. The molecule has 0 radical (unpaired) electrons. The van der Waals surface area contributed by atoms with Crippen molar-refractivity contribution in [1.82, 2.24) is 0 Å². The summed E-state index contributed by atoms with van der Waals surface area (Å²) < 4.78 is 5.70. The predicted molar refractivity (Wildman–Crippen MR) is 93.9 cm³/mol. The zero-order chi connectivity index (χ0) is 16.1. The molecule has 0 fully saturated rings. The molecule has 0 aliphatic carbocycles. The Morgan fingerprint density at radius 1 is 1.36 bits per heavy atom. The zero-order valence-electron chi connectivity index (χ0n) is 12.0. The highest BCUT2D eigenvalue weighted by Crippen LogP contribution is 2.26. The summed E-state index contributed by atoms with van der Waals surface area (Å²) in [7, 11) is 1.32. The standard InChI is InChI=1S/C15H14BrNO3S2/c1-9-7-10(16)3-4-12(9)22-8-13(18)17-11-5-6-21-14(11)15(19)20-2/h3-7H,8H2,1-2H3,(H,17,18). The fourth-order valence-electron chi connectivity index (χ4n) is 1.76. The molecule has 7 heteroatoms. The van der Waals surface area contributed by atoms with E-state index in [-0.39, 0.29) is 11.7 Å². The number of hydrogen-bond donors (Lipinski definition) is 1. The predicted octanol–water partition coefficient (Wildman–Crippen LogP) is 4.34. The molecule has 0 atom stereocenters. The lowest BCUT2D eigenvalue weighted by atomic mass is 10.2. The maximum absolute atomic E-state index is 12.0. The van der Waals surface area contributed by atoms with Crippen LogP contribution in [-0.2, 0) is 9.53 Å². The van der Waals surface area contributed by atoms with Crippen molar-refractivity contribution in [3.05, 3.63) is 44.6 Å². The highest BCUT2D eigenvalue weighted by molar-refractivity contribution is 9.10. The molecule has 1 amide bonds. The fourth-order valence-corrected chi connectivity index (χ4v) is 3.81. The minimum absolute atomic E-state index is 0.157. The first-order chi connectivity index (χ1) is 10.5. The largest absolute Gasteiger partial charge is 0.465 e. The number of halogens is 1. The quantitative estimate of drug-likeness (QED) is 0.600. The molecular weight excluding hydrogens is 386 g/mol. The number of hydrogen-bond acceptors (Lipinski definition) is 5. The van der Waals surface area contributed by atoms with E-state index in [0.717, 1.165) is 14.9 Å². The number of anilines is 1. The molecule has 0 spiro atoms. The molecule has 1 aromatic heterocycles. The van der Waals surface area contributed by atoms with Gasteiger partial charge in [0.1, 0.15) is 4.88 Å². The van der Waals surface area contributed by atoms with Crippen LogP contribution in [0.1, 0.15) is 15.2 Å². The average molecular weight is 400 g/mol. The van der Waals surface area contributed by atoms with Gasteiger partial charge in [-0.1, -0.05) is 15.9 Å². The number of nitrogens with one attached hydrogen (secondary N) is 1. The van der Waals surface area contributed by atoms with E-state index < -0.39 is 5.97 Å². The molecule has 0 saturated carbocycles. The number of amides is 1. The van der Waals surface area contributed by atoms with Crippen molar-refractivity contribution < 1.29 is 14.3 Å². The van der Waals surface area contributed by atoms with E-state index in [1.54, 1.807) is 11.4 Å². The van der Waals surface area contributed by atoms with Gasteiger partial charge in [0.05, 0.1) is 18.6 Å². The molecule has 4 nitrogen and oxygen atoms in total. The highest BCUT2D eigenvalue weighted by atomic mass is 79.9. The molecule has 0 aliphatic rings. The van der Waals surface area contributed by atoms with Gasteiger partial charge in [-0.25, -0.2) is 4.79 Å². The van der Waals surface area contributed by atoms with Crippen molar-refractivity contribution in [2.75, 3.05) is 18.2 Å². The van der Waals surface area contributed by atoms with Crippen LogP contribution in [0.15, 0.2) is 39.0 Å². The lowest BCUT2D eigenvalue weighted by molar-refractivity contribution is -0.113. The summed E-state index contributed by atoms with van der Waals surface area (Å²) in [5.74, 6) is -0.323. The number of carbonyl (C=O) groups is 2. The minimum Gasteiger partial charge on any atom is -0.465 e. The number of methoxy groups -OCH3 is 1. The van der Waals surface area contributed by atoms with Crippen molar-refractivity contribution in [3.8, 4) is 0 Å². The van der Waals surface area contributed by atoms with Gasteiger partial charge < -0.3 is 10.1 Å². The first-order valence-electron chi connectivity index (χ1n) is 6.36. The number of ether oxygens (including phenoxy) is 1. The molecule has 1 N–H and O–H groups in total. The van der Waals surface area contributed by atoms with Gasteiger partial charge in [0.25, 0.3) is 0 Å². The Labute approximate surface area is 145 Å². The van der Waals surface area contributed by atoms with Crippen LogP contribution in [0.4, 0.5) is 5.69 Å². The molecule has 2 rings (SSSR count). The second-order valence-electron chi connectivity index (χ2n) is 4.40. The third kappa shape index (κ3) is 4.34. The van der Waals surface area contributed by atoms with Crippen molar-refractivity contribution in [2.45, 2.75) is 11.8 Å². The van der Waals surface area contributed by atoms with Gasteiger partial charge in [-0.15, -0.1) is 23.1 Å². The molecule has 22 heavy (non-hydrogen) atoms. The van der Waals surface area contributed by atoms with E-state index in [1.807, 2.05) is 25.1 Å². The summed E-state index contributed by atoms with van der Waals surface area (Å²) in [6, 6.07) is 7.63. The Kier molecular flexibility index (Phi) is 6.05. The van der Waals surface area contributed by atoms with Crippen LogP contribution in [0.25, 0.3) is 0 Å². The second kappa shape index (κ2) is 7.80. The summed E-state index contributed by atoms with van der Waals surface area (Å²) in [6.45, 7) is 2.00.